The number of non-ortho nitro benzene ring substituents is 1. The SMILES string of the molecule is CCOC(=O)c1c(NC(=O)C=Cc2cccc(Cl)c2)sc(C)c1-c1ccc([N+](=O)[O-])cc1. The molecule has 0 fully saturated rings. The molecule has 1 amide bonds. The molecule has 2 aromatic carbocycles. The number of thiophene rings is 1. The fourth-order valence-corrected chi connectivity index (χ4v) is 4.33. The number of nitrogens with one attached hydrogen (secondary N) is 1. The van der Waals surface area contributed by atoms with E-state index in [1.165, 1.54) is 29.5 Å². The third-order valence-corrected chi connectivity index (χ3v) is 5.70. The number of nitro groups is 1. The Kier molecular flexibility index (Phi) is 7.40. The summed E-state index contributed by atoms with van der Waals surface area (Å²) in [5.41, 5.74) is 2.10. The van der Waals surface area contributed by atoms with E-state index in [1.807, 2.05) is 13.0 Å². The highest BCUT2D eigenvalue weighted by Crippen LogP contribution is 2.40. The van der Waals surface area contributed by atoms with Crippen molar-refractivity contribution in [3.8, 4) is 11.1 Å². The molecule has 3 aromatic rings. The molecule has 0 spiro atoms. The maximum Gasteiger partial charge on any atom is 0.341 e. The molecule has 0 radical (unpaired) electrons. The highest BCUT2D eigenvalue weighted by molar-refractivity contribution is 7.17. The maximum atomic E-state index is 12.7. The van der Waals surface area contributed by atoms with Crippen LogP contribution in [0.1, 0.15) is 27.7 Å². The Morgan fingerprint density at radius 2 is 1.94 bits per heavy atom. The Morgan fingerprint density at radius 3 is 2.56 bits per heavy atom. The summed E-state index contributed by atoms with van der Waals surface area (Å²) >= 11 is 7.19. The molecule has 0 bridgehead atoms. The lowest BCUT2D eigenvalue weighted by atomic mass is 10.0. The van der Waals surface area contributed by atoms with Gasteiger partial charge in [0.05, 0.1) is 11.5 Å². The van der Waals surface area contributed by atoms with Gasteiger partial charge in [-0.2, -0.15) is 0 Å². The molecule has 9 heteroatoms. The van der Waals surface area contributed by atoms with E-state index in [2.05, 4.69) is 5.32 Å². The number of ether oxygens (including phenoxy) is 1. The van der Waals surface area contributed by atoms with E-state index >= 15 is 0 Å². The summed E-state index contributed by atoms with van der Waals surface area (Å²) in [6.45, 7) is 3.66. The van der Waals surface area contributed by atoms with Crippen LogP contribution in [0.15, 0.2) is 54.6 Å². The van der Waals surface area contributed by atoms with Crippen molar-refractivity contribution in [2.45, 2.75) is 13.8 Å². The Labute approximate surface area is 193 Å². The fourth-order valence-electron chi connectivity index (χ4n) is 3.06. The van der Waals surface area contributed by atoms with Crippen molar-refractivity contribution in [3.05, 3.63) is 85.7 Å². The van der Waals surface area contributed by atoms with E-state index in [4.69, 9.17) is 16.3 Å². The number of hydrogen-bond acceptors (Lipinski definition) is 6. The van der Waals surface area contributed by atoms with Gasteiger partial charge in [-0.3, -0.25) is 14.9 Å². The van der Waals surface area contributed by atoms with Crippen molar-refractivity contribution in [1.29, 1.82) is 0 Å². The molecule has 0 saturated heterocycles. The van der Waals surface area contributed by atoms with Gasteiger partial charge in [-0.1, -0.05) is 23.7 Å². The number of nitro benzene ring substituents is 1. The van der Waals surface area contributed by atoms with Crippen molar-refractivity contribution in [1.82, 2.24) is 0 Å². The summed E-state index contributed by atoms with van der Waals surface area (Å²) in [4.78, 5) is 36.5. The molecule has 0 saturated carbocycles. The van der Waals surface area contributed by atoms with Crippen molar-refractivity contribution in [2.75, 3.05) is 11.9 Å². The van der Waals surface area contributed by atoms with Crippen LogP contribution in [0.25, 0.3) is 17.2 Å². The zero-order valence-electron chi connectivity index (χ0n) is 17.3. The third kappa shape index (κ3) is 5.40. The van der Waals surface area contributed by atoms with Crippen molar-refractivity contribution >= 4 is 51.6 Å². The Morgan fingerprint density at radius 1 is 1.22 bits per heavy atom. The molecule has 1 aromatic heterocycles. The summed E-state index contributed by atoms with van der Waals surface area (Å²) in [7, 11) is 0. The lowest BCUT2D eigenvalue weighted by molar-refractivity contribution is -0.384. The molecule has 164 valence electrons. The minimum absolute atomic E-state index is 0.0565. The number of benzene rings is 2. The molecule has 0 unspecified atom stereocenters. The molecule has 1 heterocycles. The van der Waals surface area contributed by atoms with Gasteiger partial charge in [0.1, 0.15) is 10.6 Å². The lowest BCUT2D eigenvalue weighted by Crippen LogP contribution is -2.12. The molecular weight excluding hydrogens is 452 g/mol. The minimum atomic E-state index is -0.584. The molecule has 3 rings (SSSR count). The minimum Gasteiger partial charge on any atom is -0.462 e. The van der Waals surface area contributed by atoms with Crippen LogP contribution < -0.4 is 5.32 Å². The standard InChI is InChI=1S/C23H19ClN2O5S/c1-3-31-23(28)21-20(16-8-10-18(11-9-16)26(29)30)14(2)32-22(21)25-19(27)12-7-15-5-4-6-17(24)13-15/h4-13H,3H2,1-2H3,(H,25,27). The second-order valence-electron chi connectivity index (χ2n) is 6.64. The van der Waals surface area contributed by atoms with Crippen LogP contribution >= 0.6 is 22.9 Å². The van der Waals surface area contributed by atoms with Crippen molar-refractivity contribution in [2.24, 2.45) is 0 Å². The quantitative estimate of drug-likeness (QED) is 0.194. The number of amides is 1. The van der Waals surface area contributed by atoms with E-state index < -0.39 is 16.8 Å². The molecule has 0 aliphatic carbocycles. The zero-order valence-corrected chi connectivity index (χ0v) is 18.8. The molecule has 0 atom stereocenters. The van der Waals surface area contributed by atoms with E-state index in [0.29, 0.717) is 21.2 Å². The molecule has 0 aliphatic rings. The average Bonchev–Trinajstić information content (AvgIpc) is 3.08. The van der Waals surface area contributed by atoms with Gasteiger partial charge < -0.3 is 10.1 Å². The topological polar surface area (TPSA) is 98.5 Å². The Hall–Kier alpha value is -3.49. The Balaban J connectivity index is 1.95. The van der Waals surface area contributed by atoms with Gasteiger partial charge in [-0.05, 0) is 55.3 Å². The van der Waals surface area contributed by atoms with Gasteiger partial charge in [-0.25, -0.2) is 4.79 Å². The first kappa shape index (κ1) is 23.2. The number of carbonyl (C=O) groups is 2. The van der Waals surface area contributed by atoms with Gasteiger partial charge in [0.25, 0.3) is 5.69 Å². The van der Waals surface area contributed by atoms with Crippen LogP contribution in [-0.4, -0.2) is 23.4 Å². The molecule has 1 N–H and O–H groups in total. The van der Waals surface area contributed by atoms with Gasteiger partial charge in [-0.15, -0.1) is 11.3 Å². The van der Waals surface area contributed by atoms with Crippen LogP contribution in [0.2, 0.25) is 5.02 Å². The number of rotatable bonds is 7. The number of aryl methyl sites for hydroxylation is 1. The largest absolute Gasteiger partial charge is 0.462 e. The number of nitrogens with zero attached hydrogens (tertiary/aromatic N) is 1. The van der Waals surface area contributed by atoms with Crippen LogP contribution in [0.3, 0.4) is 0 Å². The van der Waals surface area contributed by atoms with E-state index in [0.717, 1.165) is 10.4 Å². The number of esters is 1. The second kappa shape index (κ2) is 10.2. The predicted molar refractivity (Wildman–Crippen MR) is 126 cm³/mol. The van der Waals surface area contributed by atoms with Crippen LogP contribution in [0.4, 0.5) is 10.7 Å². The first-order valence-corrected chi connectivity index (χ1v) is 10.8. The smallest absolute Gasteiger partial charge is 0.341 e. The first-order valence-electron chi connectivity index (χ1n) is 9.60. The van der Waals surface area contributed by atoms with Crippen molar-refractivity contribution in [3.63, 3.8) is 0 Å². The predicted octanol–water partition coefficient (Wildman–Crippen LogP) is 6.11. The first-order chi connectivity index (χ1) is 15.3. The number of halogens is 1. The van der Waals surface area contributed by atoms with Crippen LogP contribution in [-0.2, 0) is 9.53 Å². The zero-order chi connectivity index (χ0) is 23.3. The second-order valence-corrected chi connectivity index (χ2v) is 8.30. The normalized spacial score (nSPS) is 10.8. The fraction of sp³-hybridized carbons (Fsp3) is 0.130. The monoisotopic (exact) mass is 470 g/mol. The van der Waals surface area contributed by atoms with Gasteiger partial charge in [0.15, 0.2) is 0 Å². The van der Waals surface area contributed by atoms with Gasteiger partial charge in [0.2, 0.25) is 5.91 Å². The van der Waals surface area contributed by atoms with Gasteiger partial charge >= 0.3 is 5.97 Å². The highest BCUT2D eigenvalue weighted by Gasteiger charge is 2.25. The summed E-state index contributed by atoms with van der Waals surface area (Å²) in [6, 6.07) is 12.9. The Bertz CT molecular complexity index is 1200. The molecule has 0 aliphatic heterocycles. The maximum absolute atomic E-state index is 12.7. The number of carbonyl (C=O) groups excluding carboxylic acids is 2. The van der Waals surface area contributed by atoms with Crippen LogP contribution in [0, 0.1) is 17.0 Å². The summed E-state index contributed by atoms with van der Waals surface area (Å²) in [5.74, 6) is -1.01. The molecule has 32 heavy (non-hydrogen) atoms. The summed E-state index contributed by atoms with van der Waals surface area (Å²) < 4.78 is 5.21. The third-order valence-electron chi connectivity index (χ3n) is 4.44. The number of anilines is 1. The van der Waals surface area contributed by atoms with E-state index in [1.54, 1.807) is 43.3 Å². The van der Waals surface area contributed by atoms with E-state index in [-0.39, 0.29) is 17.9 Å². The summed E-state index contributed by atoms with van der Waals surface area (Å²) in [5, 5.41) is 14.6. The summed E-state index contributed by atoms with van der Waals surface area (Å²) in [6.07, 6.45) is 2.96. The molecule has 7 nitrogen and oxygen atoms in total. The molecular formula is C23H19ClN2O5S. The van der Waals surface area contributed by atoms with Crippen molar-refractivity contribution < 1.29 is 19.2 Å². The van der Waals surface area contributed by atoms with E-state index in [9.17, 15) is 19.7 Å². The van der Waals surface area contributed by atoms with Crippen LogP contribution in [0.5, 0.6) is 0 Å². The highest BCUT2D eigenvalue weighted by atomic mass is 35.5. The lowest BCUT2D eigenvalue weighted by Gasteiger charge is -2.08. The average molecular weight is 471 g/mol. The van der Waals surface area contributed by atoms with Gasteiger partial charge in [0, 0.05) is 33.7 Å². The number of hydrogen-bond donors (Lipinski definition) is 1.